The standard InChI is InChI=1S/C16H12ClN3OS/c17-10-3-5-11(6-4-10)20-9-18-15-12(13-2-1-7-22-13)8-14(21)19-16(15)20/h1-7,9,12H,8H2,(H,19,21)/t12-/m0/s1. The monoisotopic (exact) mass is 329 g/mol. The Kier molecular flexibility index (Phi) is 3.24. The molecule has 6 heteroatoms. The first-order valence-electron chi connectivity index (χ1n) is 6.89. The highest BCUT2D eigenvalue weighted by molar-refractivity contribution is 7.10. The second-order valence-electron chi connectivity index (χ2n) is 5.15. The van der Waals surface area contributed by atoms with Crippen LogP contribution in [0.2, 0.25) is 5.02 Å². The molecule has 0 fully saturated rings. The van der Waals surface area contributed by atoms with Gasteiger partial charge in [-0.2, -0.15) is 0 Å². The third-order valence-corrected chi connectivity index (χ3v) is 5.00. The number of aromatic nitrogens is 2. The summed E-state index contributed by atoms with van der Waals surface area (Å²) in [5.74, 6) is 0.788. The van der Waals surface area contributed by atoms with Crippen molar-refractivity contribution in [1.82, 2.24) is 9.55 Å². The van der Waals surface area contributed by atoms with E-state index in [-0.39, 0.29) is 11.8 Å². The van der Waals surface area contributed by atoms with Gasteiger partial charge >= 0.3 is 0 Å². The molecule has 4 nitrogen and oxygen atoms in total. The lowest BCUT2D eigenvalue weighted by molar-refractivity contribution is -0.116. The second-order valence-corrected chi connectivity index (χ2v) is 6.56. The van der Waals surface area contributed by atoms with E-state index in [1.54, 1.807) is 17.7 Å². The number of imidazole rings is 1. The van der Waals surface area contributed by atoms with Crippen LogP contribution in [0.5, 0.6) is 0 Å². The summed E-state index contributed by atoms with van der Waals surface area (Å²) in [7, 11) is 0. The van der Waals surface area contributed by atoms with Crippen molar-refractivity contribution >= 4 is 34.7 Å². The average Bonchev–Trinajstić information content (AvgIpc) is 3.16. The highest BCUT2D eigenvalue weighted by Gasteiger charge is 2.31. The van der Waals surface area contributed by atoms with Gasteiger partial charge in [0, 0.05) is 27.9 Å². The molecule has 2 aromatic heterocycles. The summed E-state index contributed by atoms with van der Waals surface area (Å²) in [6.07, 6.45) is 2.19. The van der Waals surface area contributed by atoms with Crippen LogP contribution in [-0.4, -0.2) is 15.5 Å². The quantitative estimate of drug-likeness (QED) is 0.770. The maximum atomic E-state index is 12.1. The fourth-order valence-corrected chi connectivity index (χ4v) is 3.69. The first kappa shape index (κ1) is 13.5. The number of hydrogen-bond donors (Lipinski definition) is 1. The van der Waals surface area contributed by atoms with Gasteiger partial charge in [-0.25, -0.2) is 4.98 Å². The van der Waals surface area contributed by atoms with Crippen LogP contribution in [0.1, 0.15) is 22.9 Å². The minimum atomic E-state index is 0.0154. The van der Waals surface area contributed by atoms with E-state index in [0.717, 1.165) is 22.1 Å². The van der Waals surface area contributed by atoms with Crippen LogP contribution < -0.4 is 5.32 Å². The maximum Gasteiger partial charge on any atom is 0.226 e. The van der Waals surface area contributed by atoms with E-state index in [2.05, 4.69) is 16.4 Å². The maximum absolute atomic E-state index is 12.1. The molecule has 22 heavy (non-hydrogen) atoms. The molecule has 1 aliphatic heterocycles. The van der Waals surface area contributed by atoms with Gasteiger partial charge in [-0.05, 0) is 35.7 Å². The molecule has 1 atom stereocenters. The van der Waals surface area contributed by atoms with Gasteiger partial charge < -0.3 is 5.32 Å². The molecule has 1 N–H and O–H groups in total. The Morgan fingerprint density at radius 3 is 2.82 bits per heavy atom. The summed E-state index contributed by atoms with van der Waals surface area (Å²) in [6.45, 7) is 0. The zero-order chi connectivity index (χ0) is 15.1. The van der Waals surface area contributed by atoms with Crippen molar-refractivity contribution in [3.05, 3.63) is 63.7 Å². The predicted octanol–water partition coefficient (Wildman–Crippen LogP) is 4.06. The Balaban J connectivity index is 1.82. The Hall–Kier alpha value is -2.11. The highest BCUT2D eigenvalue weighted by atomic mass is 35.5. The van der Waals surface area contributed by atoms with Gasteiger partial charge in [0.2, 0.25) is 5.91 Å². The van der Waals surface area contributed by atoms with Gasteiger partial charge in [0.15, 0.2) is 0 Å². The summed E-state index contributed by atoms with van der Waals surface area (Å²) in [5.41, 5.74) is 1.84. The van der Waals surface area contributed by atoms with Crippen LogP contribution in [0.15, 0.2) is 48.1 Å². The third kappa shape index (κ3) is 2.23. The van der Waals surface area contributed by atoms with E-state index in [9.17, 15) is 4.79 Å². The summed E-state index contributed by atoms with van der Waals surface area (Å²) in [4.78, 5) is 17.8. The topological polar surface area (TPSA) is 46.9 Å². The largest absolute Gasteiger partial charge is 0.310 e. The lowest BCUT2D eigenvalue weighted by atomic mass is 9.96. The molecule has 3 aromatic rings. The number of nitrogens with one attached hydrogen (secondary N) is 1. The Bertz CT molecular complexity index is 824. The van der Waals surface area contributed by atoms with Gasteiger partial charge in [0.1, 0.15) is 12.1 Å². The molecular formula is C16H12ClN3OS. The predicted molar refractivity (Wildman–Crippen MR) is 88.0 cm³/mol. The summed E-state index contributed by atoms with van der Waals surface area (Å²) in [6, 6.07) is 11.5. The molecule has 110 valence electrons. The number of fused-ring (bicyclic) bond motifs is 1. The Morgan fingerprint density at radius 2 is 2.09 bits per heavy atom. The summed E-state index contributed by atoms with van der Waals surface area (Å²) < 4.78 is 1.89. The average molecular weight is 330 g/mol. The van der Waals surface area contributed by atoms with E-state index < -0.39 is 0 Å². The van der Waals surface area contributed by atoms with Crippen LogP contribution in [0, 0.1) is 0 Å². The Morgan fingerprint density at radius 1 is 1.27 bits per heavy atom. The number of anilines is 1. The van der Waals surface area contributed by atoms with Crippen molar-refractivity contribution in [3.8, 4) is 5.69 Å². The molecule has 1 aromatic carbocycles. The first-order chi connectivity index (χ1) is 10.7. The van der Waals surface area contributed by atoms with Crippen LogP contribution >= 0.6 is 22.9 Å². The number of carbonyl (C=O) groups excluding carboxylic acids is 1. The fourth-order valence-electron chi connectivity index (χ4n) is 2.73. The van der Waals surface area contributed by atoms with Gasteiger partial charge in [0.25, 0.3) is 0 Å². The van der Waals surface area contributed by atoms with E-state index in [1.807, 2.05) is 40.3 Å². The summed E-state index contributed by atoms with van der Waals surface area (Å²) in [5, 5.41) is 5.65. The number of nitrogens with zero attached hydrogens (tertiary/aromatic N) is 2. The number of thiophene rings is 1. The molecule has 0 radical (unpaired) electrons. The van der Waals surface area contributed by atoms with Crippen molar-refractivity contribution in [1.29, 1.82) is 0 Å². The lowest BCUT2D eigenvalue weighted by Gasteiger charge is -2.22. The molecule has 1 amide bonds. The van der Waals surface area contributed by atoms with Gasteiger partial charge in [0.05, 0.1) is 5.69 Å². The number of benzene rings is 1. The van der Waals surface area contributed by atoms with Crippen LogP contribution in [0.3, 0.4) is 0 Å². The molecule has 0 unspecified atom stereocenters. The third-order valence-electron chi connectivity index (χ3n) is 3.76. The number of hydrogen-bond acceptors (Lipinski definition) is 3. The SMILES string of the molecule is O=C1C[C@@H](c2cccs2)c2ncn(-c3ccc(Cl)cc3)c2N1. The highest BCUT2D eigenvalue weighted by Crippen LogP contribution is 2.38. The minimum Gasteiger partial charge on any atom is -0.310 e. The first-order valence-corrected chi connectivity index (χ1v) is 8.14. The zero-order valence-electron chi connectivity index (χ0n) is 11.5. The molecule has 0 aliphatic carbocycles. The summed E-state index contributed by atoms with van der Waals surface area (Å²) >= 11 is 7.59. The number of amides is 1. The molecule has 0 spiro atoms. The molecule has 3 heterocycles. The van der Waals surface area contributed by atoms with Gasteiger partial charge in [-0.15, -0.1) is 11.3 Å². The number of carbonyl (C=O) groups is 1. The smallest absolute Gasteiger partial charge is 0.226 e. The van der Waals surface area contributed by atoms with E-state index in [4.69, 9.17) is 11.6 Å². The van der Waals surface area contributed by atoms with Gasteiger partial charge in [-0.1, -0.05) is 17.7 Å². The van der Waals surface area contributed by atoms with Crippen molar-refractivity contribution in [2.75, 3.05) is 5.32 Å². The molecule has 0 saturated heterocycles. The van der Waals surface area contributed by atoms with Crippen LogP contribution in [0.4, 0.5) is 5.82 Å². The fraction of sp³-hybridized carbons (Fsp3) is 0.125. The number of rotatable bonds is 2. The van der Waals surface area contributed by atoms with Gasteiger partial charge in [-0.3, -0.25) is 9.36 Å². The van der Waals surface area contributed by atoms with Crippen molar-refractivity contribution < 1.29 is 4.79 Å². The normalized spacial score (nSPS) is 17.1. The lowest BCUT2D eigenvalue weighted by Crippen LogP contribution is -2.24. The molecule has 1 aliphatic rings. The van der Waals surface area contributed by atoms with Crippen molar-refractivity contribution in [3.63, 3.8) is 0 Å². The molecular weight excluding hydrogens is 318 g/mol. The van der Waals surface area contributed by atoms with E-state index in [1.165, 1.54) is 0 Å². The van der Waals surface area contributed by atoms with Crippen LogP contribution in [0.25, 0.3) is 5.69 Å². The number of halogens is 1. The molecule has 0 bridgehead atoms. The molecule has 0 saturated carbocycles. The minimum absolute atomic E-state index is 0.0154. The van der Waals surface area contributed by atoms with E-state index in [0.29, 0.717) is 11.4 Å². The van der Waals surface area contributed by atoms with Crippen LogP contribution in [-0.2, 0) is 4.79 Å². The van der Waals surface area contributed by atoms with Crippen molar-refractivity contribution in [2.24, 2.45) is 0 Å². The second kappa shape index (κ2) is 5.26. The Labute approximate surface area is 136 Å². The van der Waals surface area contributed by atoms with Crippen molar-refractivity contribution in [2.45, 2.75) is 12.3 Å². The molecule has 4 rings (SSSR count). The zero-order valence-corrected chi connectivity index (χ0v) is 13.1. The van der Waals surface area contributed by atoms with E-state index >= 15 is 0 Å².